The third-order valence-corrected chi connectivity index (χ3v) is 6.04. The van der Waals surface area contributed by atoms with Crippen molar-refractivity contribution in [3.05, 3.63) is 17.3 Å². The highest BCUT2D eigenvalue weighted by molar-refractivity contribution is 7.16. The second-order valence-electron chi connectivity index (χ2n) is 6.88. The Morgan fingerprint density at radius 1 is 1.33 bits per heavy atom. The second-order valence-corrected chi connectivity index (χ2v) is 7.77. The van der Waals surface area contributed by atoms with E-state index >= 15 is 0 Å². The van der Waals surface area contributed by atoms with Gasteiger partial charge >= 0.3 is 0 Å². The molecule has 2 aliphatic rings. The molecule has 1 saturated carbocycles. The van der Waals surface area contributed by atoms with Gasteiger partial charge in [0.25, 0.3) is 0 Å². The Labute approximate surface area is 146 Å². The van der Waals surface area contributed by atoms with Gasteiger partial charge in [-0.05, 0) is 30.7 Å². The zero-order valence-corrected chi connectivity index (χ0v) is 14.9. The monoisotopic (exact) mass is 344 g/mol. The van der Waals surface area contributed by atoms with Gasteiger partial charge in [-0.25, -0.2) is 9.97 Å². The van der Waals surface area contributed by atoms with E-state index in [0.717, 1.165) is 60.6 Å². The van der Waals surface area contributed by atoms with E-state index in [9.17, 15) is 4.79 Å². The highest BCUT2D eigenvalue weighted by Gasteiger charge is 2.32. The molecule has 0 aromatic carbocycles. The normalized spacial score (nSPS) is 21.7. The van der Waals surface area contributed by atoms with Crippen LogP contribution in [0.5, 0.6) is 0 Å². The predicted octanol–water partition coefficient (Wildman–Crippen LogP) is 3.46. The number of aryl methyl sites for hydroxylation is 1. The van der Waals surface area contributed by atoms with Crippen LogP contribution in [0.15, 0.2) is 11.4 Å². The second kappa shape index (κ2) is 6.67. The maximum absolute atomic E-state index is 12.6. The summed E-state index contributed by atoms with van der Waals surface area (Å²) in [6.07, 6.45) is 6.41. The highest BCUT2D eigenvalue weighted by Crippen LogP contribution is 2.30. The van der Waals surface area contributed by atoms with E-state index in [1.54, 1.807) is 11.3 Å². The van der Waals surface area contributed by atoms with Crippen LogP contribution in [0.3, 0.4) is 0 Å². The van der Waals surface area contributed by atoms with Crippen molar-refractivity contribution in [2.45, 2.75) is 51.5 Å². The molecular formula is C18H24N4OS. The number of nitrogens with one attached hydrogen (secondary N) is 1. The Morgan fingerprint density at radius 2 is 2.17 bits per heavy atom. The average Bonchev–Trinajstić information content (AvgIpc) is 3.34. The van der Waals surface area contributed by atoms with Gasteiger partial charge in [0.15, 0.2) is 0 Å². The van der Waals surface area contributed by atoms with Gasteiger partial charge in [-0.15, -0.1) is 11.3 Å². The van der Waals surface area contributed by atoms with Gasteiger partial charge in [0, 0.05) is 31.5 Å². The summed E-state index contributed by atoms with van der Waals surface area (Å²) >= 11 is 1.66. The number of rotatable bonds is 4. The summed E-state index contributed by atoms with van der Waals surface area (Å²) in [6.45, 7) is 3.74. The van der Waals surface area contributed by atoms with Gasteiger partial charge in [0.1, 0.15) is 16.5 Å². The molecule has 1 atom stereocenters. The Morgan fingerprint density at radius 3 is 2.96 bits per heavy atom. The molecule has 6 heteroatoms. The number of hydrogen-bond donors (Lipinski definition) is 1. The van der Waals surface area contributed by atoms with Gasteiger partial charge in [-0.2, -0.15) is 0 Å². The molecule has 1 N–H and O–H groups in total. The first-order valence-electron chi connectivity index (χ1n) is 9.04. The SMILES string of the molecule is CCc1nc(NC2CCN(C(=O)C3CCCC3)C2)c2ccsc2n1. The third kappa shape index (κ3) is 2.99. The molecule has 0 radical (unpaired) electrons. The lowest BCUT2D eigenvalue weighted by molar-refractivity contribution is -0.134. The van der Waals surface area contributed by atoms with Crippen LogP contribution >= 0.6 is 11.3 Å². The maximum atomic E-state index is 12.6. The first kappa shape index (κ1) is 15.8. The topological polar surface area (TPSA) is 58.1 Å². The predicted molar refractivity (Wildman–Crippen MR) is 97.4 cm³/mol. The van der Waals surface area contributed by atoms with Gasteiger partial charge < -0.3 is 10.2 Å². The number of nitrogens with zero attached hydrogens (tertiary/aromatic N) is 3. The Bertz CT molecular complexity index is 738. The van der Waals surface area contributed by atoms with E-state index in [4.69, 9.17) is 0 Å². The molecule has 5 nitrogen and oxygen atoms in total. The zero-order chi connectivity index (χ0) is 16.5. The van der Waals surface area contributed by atoms with E-state index in [1.807, 2.05) is 0 Å². The molecule has 1 saturated heterocycles. The standard InChI is InChI=1S/C18H24N4OS/c1-2-15-20-16(14-8-10-24-17(14)21-15)19-13-7-9-22(11-13)18(23)12-5-3-4-6-12/h8,10,12-13H,2-7,9,11H2,1H3,(H,19,20,21). The lowest BCUT2D eigenvalue weighted by Gasteiger charge is -2.21. The van der Waals surface area contributed by atoms with Crippen LogP contribution in [-0.2, 0) is 11.2 Å². The lowest BCUT2D eigenvalue weighted by atomic mass is 10.1. The van der Waals surface area contributed by atoms with Gasteiger partial charge in [0.05, 0.1) is 5.39 Å². The summed E-state index contributed by atoms with van der Waals surface area (Å²) in [5, 5.41) is 6.74. The molecular weight excluding hydrogens is 320 g/mol. The van der Waals surface area contributed by atoms with Crippen molar-refractivity contribution in [2.75, 3.05) is 18.4 Å². The smallest absolute Gasteiger partial charge is 0.225 e. The molecule has 1 amide bonds. The molecule has 1 aliphatic heterocycles. The summed E-state index contributed by atoms with van der Waals surface area (Å²) < 4.78 is 0. The molecule has 128 valence electrons. The molecule has 4 rings (SSSR count). The fourth-order valence-electron chi connectivity index (χ4n) is 3.87. The van der Waals surface area contributed by atoms with Gasteiger partial charge in [-0.3, -0.25) is 4.79 Å². The molecule has 3 heterocycles. The van der Waals surface area contributed by atoms with Crippen LogP contribution in [0.2, 0.25) is 0 Å². The van der Waals surface area contributed by atoms with Gasteiger partial charge in [0.2, 0.25) is 5.91 Å². The first-order valence-corrected chi connectivity index (χ1v) is 9.92. The third-order valence-electron chi connectivity index (χ3n) is 5.23. The van der Waals surface area contributed by atoms with Crippen molar-refractivity contribution in [2.24, 2.45) is 5.92 Å². The summed E-state index contributed by atoms with van der Waals surface area (Å²) in [5.74, 6) is 2.45. The van der Waals surface area contributed by atoms with Crippen LogP contribution in [0.1, 0.15) is 44.9 Å². The van der Waals surface area contributed by atoms with E-state index in [1.165, 1.54) is 12.8 Å². The molecule has 1 unspecified atom stereocenters. The van der Waals surface area contributed by atoms with E-state index in [2.05, 4.69) is 38.6 Å². The fraction of sp³-hybridized carbons (Fsp3) is 0.611. The van der Waals surface area contributed by atoms with Gasteiger partial charge in [-0.1, -0.05) is 19.8 Å². The summed E-state index contributed by atoms with van der Waals surface area (Å²) in [4.78, 5) is 25.0. The number of carbonyl (C=O) groups excluding carboxylic acids is 1. The lowest BCUT2D eigenvalue weighted by Crippen LogP contribution is -2.35. The van der Waals surface area contributed by atoms with Crippen LogP contribution in [0.25, 0.3) is 10.2 Å². The van der Waals surface area contributed by atoms with Crippen LogP contribution < -0.4 is 5.32 Å². The molecule has 0 bridgehead atoms. The Kier molecular flexibility index (Phi) is 4.39. The molecule has 2 fully saturated rings. The number of hydrogen-bond acceptors (Lipinski definition) is 5. The van der Waals surface area contributed by atoms with E-state index < -0.39 is 0 Å². The zero-order valence-electron chi connectivity index (χ0n) is 14.1. The van der Waals surface area contributed by atoms with Crippen molar-refractivity contribution >= 4 is 33.3 Å². The van der Waals surface area contributed by atoms with Crippen molar-refractivity contribution in [1.29, 1.82) is 0 Å². The van der Waals surface area contributed by atoms with Crippen molar-refractivity contribution < 1.29 is 4.79 Å². The Hall–Kier alpha value is -1.69. The molecule has 2 aromatic heterocycles. The molecule has 0 spiro atoms. The largest absolute Gasteiger partial charge is 0.365 e. The summed E-state index contributed by atoms with van der Waals surface area (Å²) in [7, 11) is 0. The van der Waals surface area contributed by atoms with Crippen LogP contribution in [0, 0.1) is 5.92 Å². The molecule has 1 aliphatic carbocycles. The number of amides is 1. The molecule has 2 aromatic rings. The Balaban J connectivity index is 1.46. The van der Waals surface area contributed by atoms with E-state index in [0.29, 0.717) is 5.91 Å². The van der Waals surface area contributed by atoms with Crippen LogP contribution in [-0.4, -0.2) is 39.9 Å². The minimum Gasteiger partial charge on any atom is -0.365 e. The van der Waals surface area contributed by atoms with Crippen molar-refractivity contribution in [1.82, 2.24) is 14.9 Å². The van der Waals surface area contributed by atoms with E-state index in [-0.39, 0.29) is 12.0 Å². The number of likely N-dealkylation sites (tertiary alicyclic amines) is 1. The fourth-order valence-corrected chi connectivity index (χ4v) is 4.65. The van der Waals surface area contributed by atoms with Crippen molar-refractivity contribution in [3.63, 3.8) is 0 Å². The number of thiophene rings is 1. The minimum atomic E-state index is 0.276. The molecule has 24 heavy (non-hydrogen) atoms. The number of aromatic nitrogens is 2. The summed E-state index contributed by atoms with van der Waals surface area (Å²) in [5.41, 5.74) is 0. The van der Waals surface area contributed by atoms with Crippen LogP contribution in [0.4, 0.5) is 5.82 Å². The quantitative estimate of drug-likeness (QED) is 0.923. The number of carbonyl (C=O) groups is 1. The highest BCUT2D eigenvalue weighted by atomic mass is 32.1. The maximum Gasteiger partial charge on any atom is 0.225 e. The number of fused-ring (bicyclic) bond motifs is 1. The minimum absolute atomic E-state index is 0.276. The average molecular weight is 344 g/mol. The summed E-state index contributed by atoms with van der Waals surface area (Å²) in [6, 6.07) is 2.37. The van der Waals surface area contributed by atoms with Crippen molar-refractivity contribution in [3.8, 4) is 0 Å². The first-order chi connectivity index (χ1) is 11.7. The number of anilines is 1.